The lowest BCUT2D eigenvalue weighted by Gasteiger charge is -2.20. The number of hydrogen-bond donors (Lipinski definition) is 1. The molecule has 2 amide bonds. The van der Waals surface area contributed by atoms with Gasteiger partial charge in [0.05, 0.1) is 23.4 Å². The molecule has 0 aromatic heterocycles. The van der Waals surface area contributed by atoms with Crippen LogP contribution in [0.25, 0.3) is 0 Å². The SMILES string of the molecule is CCCCCCOc1ccccc1C(=O)Nc1ccccc1C(=O)N(C)Cc1ccccc1. The molecule has 0 unspecified atom stereocenters. The minimum Gasteiger partial charge on any atom is -0.493 e. The topological polar surface area (TPSA) is 58.6 Å². The molecule has 5 heteroatoms. The molecule has 0 atom stereocenters. The van der Waals surface area contributed by atoms with Gasteiger partial charge in [0.25, 0.3) is 11.8 Å². The van der Waals surface area contributed by atoms with Crippen LogP contribution in [0.1, 0.15) is 58.9 Å². The van der Waals surface area contributed by atoms with Crippen LogP contribution in [0.2, 0.25) is 0 Å². The second-order valence-corrected chi connectivity index (χ2v) is 8.05. The molecule has 0 saturated carbocycles. The highest BCUT2D eigenvalue weighted by atomic mass is 16.5. The third kappa shape index (κ3) is 6.94. The normalized spacial score (nSPS) is 10.5. The van der Waals surface area contributed by atoms with E-state index in [0.717, 1.165) is 24.8 Å². The maximum absolute atomic E-state index is 13.1. The minimum absolute atomic E-state index is 0.157. The Hall–Kier alpha value is -3.60. The van der Waals surface area contributed by atoms with Crippen LogP contribution in [0, 0.1) is 0 Å². The van der Waals surface area contributed by atoms with Gasteiger partial charge >= 0.3 is 0 Å². The van der Waals surface area contributed by atoms with Crippen molar-refractivity contribution in [1.82, 2.24) is 4.90 Å². The Balaban J connectivity index is 1.71. The highest BCUT2D eigenvalue weighted by Crippen LogP contribution is 2.23. The lowest BCUT2D eigenvalue weighted by atomic mass is 10.1. The van der Waals surface area contributed by atoms with Gasteiger partial charge in [-0.2, -0.15) is 0 Å². The molecule has 172 valence electrons. The smallest absolute Gasteiger partial charge is 0.259 e. The quantitative estimate of drug-likeness (QED) is 0.360. The molecule has 0 aliphatic rings. The second-order valence-electron chi connectivity index (χ2n) is 8.05. The summed E-state index contributed by atoms with van der Waals surface area (Å²) < 4.78 is 5.89. The molecule has 3 aromatic rings. The summed E-state index contributed by atoms with van der Waals surface area (Å²) in [5.74, 6) is 0.0943. The van der Waals surface area contributed by atoms with Gasteiger partial charge < -0.3 is 15.0 Å². The third-order valence-corrected chi connectivity index (χ3v) is 5.40. The fourth-order valence-corrected chi connectivity index (χ4v) is 3.59. The zero-order valence-corrected chi connectivity index (χ0v) is 19.4. The van der Waals surface area contributed by atoms with Crippen molar-refractivity contribution < 1.29 is 14.3 Å². The van der Waals surface area contributed by atoms with Gasteiger partial charge in [0.1, 0.15) is 5.75 Å². The highest BCUT2D eigenvalue weighted by Gasteiger charge is 2.19. The molecule has 3 aromatic carbocycles. The van der Waals surface area contributed by atoms with E-state index < -0.39 is 0 Å². The van der Waals surface area contributed by atoms with Crippen LogP contribution >= 0.6 is 0 Å². The van der Waals surface area contributed by atoms with Crippen molar-refractivity contribution in [2.75, 3.05) is 19.0 Å². The van der Waals surface area contributed by atoms with Gasteiger partial charge in [0.2, 0.25) is 0 Å². The fourth-order valence-electron chi connectivity index (χ4n) is 3.59. The van der Waals surface area contributed by atoms with Crippen LogP contribution in [0.3, 0.4) is 0 Å². The van der Waals surface area contributed by atoms with Crippen molar-refractivity contribution in [2.24, 2.45) is 0 Å². The van der Waals surface area contributed by atoms with E-state index in [1.807, 2.05) is 42.5 Å². The lowest BCUT2D eigenvalue weighted by molar-refractivity contribution is 0.0786. The van der Waals surface area contributed by atoms with E-state index in [1.54, 1.807) is 48.3 Å². The maximum atomic E-state index is 13.1. The number of para-hydroxylation sites is 2. The average Bonchev–Trinajstić information content (AvgIpc) is 2.84. The first-order chi connectivity index (χ1) is 16.1. The van der Waals surface area contributed by atoms with E-state index in [4.69, 9.17) is 4.74 Å². The van der Waals surface area contributed by atoms with E-state index in [-0.39, 0.29) is 11.8 Å². The number of rotatable bonds is 11. The van der Waals surface area contributed by atoms with Gasteiger partial charge in [-0.05, 0) is 36.2 Å². The number of ether oxygens (including phenoxy) is 1. The van der Waals surface area contributed by atoms with Crippen molar-refractivity contribution in [2.45, 2.75) is 39.2 Å². The number of hydrogen-bond acceptors (Lipinski definition) is 3. The third-order valence-electron chi connectivity index (χ3n) is 5.40. The fraction of sp³-hybridized carbons (Fsp3) is 0.286. The Morgan fingerprint density at radius 2 is 1.48 bits per heavy atom. The molecule has 1 N–H and O–H groups in total. The van der Waals surface area contributed by atoms with Crippen LogP contribution in [-0.4, -0.2) is 30.4 Å². The molecule has 0 fully saturated rings. The van der Waals surface area contributed by atoms with E-state index in [0.29, 0.717) is 35.7 Å². The zero-order chi connectivity index (χ0) is 23.5. The monoisotopic (exact) mass is 444 g/mol. The summed E-state index contributed by atoms with van der Waals surface area (Å²) in [6.07, 6.45) is 4.40. The van der Waals surface area contributed by atoms with Crippen LogP contribution in [0.15, 0.2) is 78.9 Å². The van der Waals surface area contributed by atoms with Crippen molar-refractivity contribution in [3.05, 3.63) is 95.6 Å². The van der Waals surface area contributed by atoms with E-state index in [9.17, 15) is 9.59 Å². The Labute approximate surface area is 196 Å². The maximum Gasteiger partial charge on any atom is 0.259 e. The van der Waals surface area contributed by atoms with Gasteiger partial charge in [-0.15, -0.1) is 0 Å². The number of benzene rings is 3. The zero-order valence-electron chi connectivity index (χ0n) is 19.4. The van der Waals surface area contributed by atoms with Crippen molar-refractivity contribution in [1.29, 1.82) is 0 Å². The molecule has 0 spiro atoms. The predicted octanol–water partition coefficient (Wildman–Crippen LogP) is 6.17. The average molecular weight is 445 g/mol. The number of anilines is 1. The summed E-state index contributed by atoms with van der Waals surface area (Å²) in [5.41, 5.74) is 2.42. The molecule has 5 nitrogen and oxygen atoms in total. The Morgan fingerprint density at radius 1 is 0.818 bits per heavy atom. The first kappa shape index (κ1) is 24.1. The Morgan fingerprint density at radius 3 is 2.24 bits per heavy atom. The summed E-state index contributed by atoms with van der Waals surface area (Å²) >= 11 is 0. The van der Waals surface area contributed by atoms with Gasteiger partial charge in [-0.3, -0.25) is 9.59 Å². The molecule has 0 aliphatic carbocycles. The summed E-state index contributed by atoms with van der Waals surface area (Å²) in [5, 5.41) is 2.91. The van der Waals surface area contributed by atoms with E-state index in [1.165, 1.54) is 6.42 Å². The van der Waals surface area contributed by atoms with Crippen LogP contribution in [0.5, 0.6) is 5.75 Å². The number of nitrogens with zero attached hydrogens (tertiary/aromatic N) is 1. The molecule has 33 heavy (non-hydrogen) atoms. The van der Waals surface area contributed by atoms with E-state index in [2.05, 4.69) is 12.2 Å². The van der Waals surface area contributed by atoms with Gasteiger partial charge in [-0.1, -0.05) is 80.8 Å². The number of carbonyl (C=O) groups excluding carboxylic acids is 2. The van der Waals surface area contributed by atoms with Gasteiger partial charge in [0.15, 0.2) is 0 Å². The van der Waals surface area contributed by atoms with Crippen molar-refractivity contribution in [3.8, 4) is 5.75 Å². The summed E-state index contributed by atoms with van der Waals surface area (Å²) in [6, 6.07) is 24.1. The van der Waals surface area contributed by atoms with Crippen molar-refractivity contribution >= 4 is 17.5 Å². The second kappa shape index (κ2) is 12.4. The number of carbonyl (C=O) groups is 2. The number of nitrogens with one attached hydrogen (secondary N) is 1. The molecular formula is C28H32N2O3. The van der Waals surface area contributed by atoms with E-state index >= 15 is 0 Å². The summed E-state index contributed by atoms with van der Waals surface area (Å²) in [4.78, 5) is 27.9. The van der Waals surface area contributed by atoms with Crippen LogP contribution in [-0.2, 0) is 6.54 Å². The van der Waals surface area contributed by atoms with Crippen molar-refractivity contribution in [3.63, 3.8) is 0 Å². The Bertz CT molecular complexity index is 1050. The molecule has 0 bridgehead atoms. The lowest BCUT2D eigenvalue weighted by Crippen LogP contribution is -2.27. The van der Waals surface area contributed by atoms with Crippen LogP contribution in [0.4, 0.5) is 5.69 Å². The summed E-state index contributed by atoms with van der Waals surface area (Å²) in [7, 11) is 1.76. The number of amides is 2. The standard InChI is InChI=1S/C28H32N2O3/c1-3-4-5-13-20-33-26-19-12-10-17-24(26)27(31)29-25-18-11-9-16-23(25)28(32)30(2)21-22-14-7-6-8-15-22/h6-12,14-19H,3-5,13,20-21H2,1-2H3,(H,29,31). The van der Waals surface area contributed by atoms with Crippen LogP contribution < -0.4 is 10.1 Å². The Kier molecular flexibility index (Phi) is 9.07. The predicted molar refractivity (Wildman–Crippen MR) is 133 cm³/mol. The first-order valence-electron chi connectivity index (χ1n) is 11.5. The molecule has 3 rings (SSSR count). The molecular weight excluding hydrogens is 412 g/mol. The minimum atomic E-state index is -0.301. The van der Waals surface area contributed by atoms with Gasteiger partial charge in [0, 0.05) is 13.6 Å². The molecule has 0 radical (unpaired) electrons. The molecule has 0 heterocycles. The highest BCUT2D eigenvalue weighted by molar-refractivity contribution is 6.10. The molecule has 0 saturated heterocycles. The van der Waals surface area contributed by atoms with Gasteiger partial charge in [-0.25, -0.2) is 0 Å². The summed E-state index contributed by atoms with van der Waals surface area (Å²) in [6.45, 7) is 3.23. The number of unbranched alkanes of at least 4 members (excludes halogenated alkanes) is 3. The largest absolute Gasteiger partial charge is 0.493 e. The molecule has 0 aliphatic heterocycles. The first-order valence-corrected chi connectivity index (χ1v) is 11.5.